The van der Waals surface area contributed by atoms with E-state index in [4.69, 9.17) is 4.74 Å². The lowest BCUT2D eigenvalue weighted by molar-refractivity contribution is 0.0179. The summed E-state index contributed by atoms with van der Waals surface area (Å²) in [6, 6.07) is 18.0. The van der Waals surface area contributed by atoms with Gasteiger partial charge in [-0.05, 0) is 61.6 Å². The van der Waals surface area contributed by atoms with Crippen LogP contribution >= 0.6 is 0 Å². The second-order valence-corrected chi connectivity index (χ2v) is 6.38. The molecule has 0 saturated carbocycles. The highest BCUT2D eigenvalue weighted by Gasteiger charge is 2.30. The van der Waals surface area contributed by atoms with E-state index in [1.54, 1.807) is 7.11 Å². The molecule has 0 fully saturated rings. The molecule has 2 N–H and O–H groups in total. The molecule has 0 aliphatic heterocycles. The van der Waals surface area contributed by atoms with Gasteiger partial charge in [0.15, 0.2) is 0 Å². The van der Waals surface area contributed by atoms with Crippen molar-refractivity contribution in [3.05, 3.63) is 65.7 Å². The minimum Gasteiger partial charge on any atom is -0.497 e. The summed E-state index contributed by atoms with van der Waals surface area (Å²) in [4.78, 5) is 0. The lowest BCUT2D eigenvalue weighted by Gasteiger charge is -2.28. The summed E-state index contributed by atoms with van der Waals surface area (Å²) in [5, 5.41) is 27.6. The second-order valence-electron chi connectivity index (χ2n) is 6.38. The van der Waals surface area contributed by atoms with Crippen LogP contribution in [0.15, 0.2) is 54.6 Å². The van der Waals surface area contributed by atoms with Gasteiger partial charge >= 0.3 is 0 Å². The summed E-state index contributed by atoms with van der Waals surface area (Å²) < 4.78 is 5.38. The van der Waals surface area contributed by atoms with E-state index in [0.717, 1.165) is 49.2 Å². The van der Waals surface area contributed by atoms with Crippen LogP contribution in [0.5, 0.6) is 5.75 Å². The van der Waals surface area contributed by atoms with E-state index in [2.05, 4.69) is 12.1 Å². The summed E-state index contributed by atoms with van der Waals surface area (Å²) in [5.41, 5.74) is 1.58. The number of fused-ring (bicyclic) bond motifs is 2. The quantitative estimate of drug-likeness (QED) is 0.517. The molecule has 0 saturated heterocycles. The fraction of sp³-hybridized carbons (Fsp3) is 0.143. The predicted octanol–water partition coefficient (Wildman–Crippen LogP) is 4.24. The van der Waals surface area contributed by atoms with E-state index in [1.807, 2.05) is 42.5 Å². The van der Waals surface area contributed by atoms with E-state index >= 15 is 0 Å². The summed E-state index contributed by atoms with van der Waals surface area (Å²) in [6.07, 6.45) is -1.82. The number of hydrogen-bond acceptors (Lipinski definition) is 3. The minimum atomic E-state index is -0.917. The van der Waals surface area contributed by atoms with Gasteiger partial charge in [-0.3, -0.25) is 0 Å². The van der Waals surface area contributed by atoms with Crippen molar-refractivity contribution in [1.29, 1.82) is 0 Å². The Morgan fingerprint density at radius 2 is 1.54 bits per heavy atom. The molecular weight excluding hydrogens is 300 g/mol. The van der Waals surface area contributed by atoms with Gasteiger partial charge in [-0.2, -0.15) is 0 Å². The Kier molecular flexibility index (Phi) is 2.70. The van der Waals surface area contributed by atoms with Crippen molar-refractivity contribution in [2.75, 3.05) is 7.11 Å². The van der Waals surface area contributed by atoms with Crippen LogP contribution in [0.3, 0.4) is 0 Å². The first-order valence-corrected chi connectivity index (χ1v) is 8.01. The Labute approximate surface area is 138 Å². The van der Waals surface area contributed by atoms with Crippen LogP contribution in [-0.2, 0) is 0 Å². The highest BCUT2D eigenvalue weighted by Crippen LogP contribution is 2.47. The highest BCUT2D eigenvalue weighted by molar-refractivity contribution is 6.20. The SMILES string of the molecule is COc1ccc2cc3c4c(ccc5cccc(c54)C(O)C3O)c2c1. The van der Waals surface area contributed by atoms with E-state index in [1.165, 1.54) is 0 Å². The molecule has 0 heterocycles. The van der Waals surface area contributed by atoms with Crippen LogP contribution in [-0.4, -0.2) is 17.3 Å². The maximum Gasteiger partial charge on any atom is 0.119 e. The van der Waals surface area contributed by atoms with Crippen molar-refractivity contribution < 1.29 is 14.9 Å². The molecule has 4 aromatic rings. The monoisotopic (exact) mass is 316 g/mol. The lowest BCUT2D eigenvalue weighted by Crippen LogP contribution is -2.15. The topological polar surface area (TPSA) is 49.7 Å². The molecule has 0 aromatic heterocycles. The molecule has 3 nitrogen and oxygen atoms in total. The number of aliphatic hydroxyl groups excluding tert-OH is 2. The van der Waals surface area contributed by atoms with Gasteiger partial charge in [0.25, 0.3) is 0 Å². The fourth-order valence-electron chi connectivity index (χ4n) is 4.01. The van der Waals surface area contributed by atoms with Crippen LogP contribution in [0.1, 0.15) is 23.3 Å². The average molecular weight is 316 g/mol. The van der Waals surface area contributed by atoms with Crippen molar-refractivity contribution in [3.8, 4) is 5.75 Å². The number of ether oxygens (including phenoxy) is 1. The van der Waals surface area contributed by atoms with Gasteiger partial charge in [0.05, 0.1) is 7.11 Å². The molecule has 0 radical (unpaired) electrons. The molecule has 24 heavy (non-hydrogen) atoms. The third-order valence-corrected chi connectivity index (χ3v) is 5.16. The van der Waals surface area contributed by atoms with Crippen molar-refractivity contribution in [2.24, 2.45) is 0 Å². The minimum absolute atomic E-state index is 0.791. The zero-order valence-corrected chi connectivity index (χ0v) is 13.2. The molecule has 5 rings (SSSR count). The Bertz CT molecular complexity index is 1130. The van der Waals surface area contributed by atoms with Gasteiger partial charge in [-0.1, -0.05) is 36.4 Å². The molecule has 3 heteroatoms. The number of hydrogen-bond donors (Lipinski definition) is 2. The standard InChI is InChI=1S/C21H16O3/c1-24-13-7-5-12-9-17-19-14(16(12)10-13)8-6-11-3-2-4-15(18(11)19)20(22)21(17)23/h2-10,20-23H,1H3. The maximum absolute atomic E-state index is 10.7. The summed E-state index contributed by atoms with van der Waals surface area (Å²) >= 11 is 0. The molecule has 2 atom stereocenters. The summed E-state index contributed by atoms with van der Waals surface area (Å²) in [7, 11) is 1.66. The fourth-order valence-corrected chi connectivity index (χ4v) is 4.01. The molecule has 1 aliphatic rings. The second kappa shape index (κ2) is 4.69. The number of rotatable bonds is 1. The Morgan fingerprint density at radius 1 is 0.750 bits per heavy atom. The number of aliphatic hydroxyl groups is 2. The van der Waals surface area contributed by atoms with Crippen LogP contribution in [0.25, 0.3) is 32.3 Å². The highest BCUT2D eigenvalue weighted by atomic mass is 16.5. The Hall–Kier alpha value is -2.62. The largest absolute Gasteiger partial charge is 0.497 e. The number of methoxy groups -OCH3 is 1. The van der Waals surface area contributed by atoms with Gasteiger partial charge in [0.1, 0.15) is 18.0 Å². The molecular formula is C21H16O3. The molecule has 118 valence electrons. The van der Waals surface area contributed by atoms with Gasteiger partial charge in [0.2, 0.25) is 0 Å². The van der Waals surface area contributed by atoms with Crippen molar-refractivity contribution >= 4 is 32.3 Å². The molecule has 0 amide bonds. The van der Waals surface area contributed by atoms with E-state index in [-0.39, 0.29) is 0 Å². The Morgan fingerprint density at radius 3 is 2.38 bits per heavy atom. The third-order valence-electron chi connectivity index (χ3n) is 5.16. The summed E-state index contributed by atoms with van der Waals surface area (Å²) in [6.45, 7) is 0. The van der Waals surface area contributed by atoms with Gasteiger partial charge < -0.3 is 14.9 Å². The molecule has 2 unspecified atom stereocenters. The maximum atomic E-state index is 10.7. The van der Waals surface area contributed by atoms with Crippen molar-refractivity contribution in [1.82, 2.24) is 0 Å². The van der Waals surface area contributed by atoms with E-state index in [0.29, 0.717) is 0 Å². The first-order chi connectivity index (χ1) is 11.7. The third kappa shape index (κ3) is 1.63. The Balaban J connectivity index is 2.08. The van der Waals surface area contributed by atoms with Crippen LogP contribution < -0.4 is 4.74 Å². The van der Waals surface area contributed by atoms with Crippen LogP contribution in [0, 0.1) is 0 Å². The van der Waals surface area contributed by atoms with Crippen LogP contribution in [0.4, 0.5) is 0 Å². The lowest BCUT2D eigenvalue weighted by atomic mass is 9.81. The average Bonchev–Trinajstić information content (AvgIpc) is 2.63. The molecule has 0 spiro atoms. The van der Waals surface area contributed by atoms with Crippen LogP contribution in [0.2, 0.25) is 0 Å². The van der Waals surface area contributed by atoms with Gasteiger partial charge in [-0.25, -0.2) is 0 Å². The smallest absolute Gasteiger partial charge is 0.119 e. The van der Waals surface area contributed by atoms with E-state index < -0.39 is 12.2 Å². The van der Waals surface area contributed by atoms with Gasteiger partial charge in [-0.15, -0.1) is 0 Å². The van der Waals surface area contributed by atoms with Gasteiger partial charge in [0, 0.05) is 0 Å². The van der Waals surface area contributed by atoms with Crippen molar-refractivity contribution in [3.63, 3.8) is 0 Å². The van der Waals surface area contributed by atoms with Crippen molar-refractivity contribution in [2.45, 2.75) is 12.2 Å². The normalized spacial score (nSPS) is 19.5. The summed E-state index contributed by atoms with van der Waals surface area (Å²) in [5.74, 6) is 0.808. The molecule has 4 aromatic carbocycles. The first-order valence-electron chi connectivity index (χ1n) is 8.01. The zero-order valence-electron chi connectivity index (χ0n) is 13.2. The predicted molar refractivity (Wildman–Crippen MR) is 95.4 cm³/mol. The molecule has 1 aliphatic carbocycles. The number of benzene rings is 4. The molecule has 0 bridgehead atoms. The first kappa shape index (κ1) is 13.8. The van der Waals surface area contributed by atoms with E-state index in [9.17, 15) is 10.2 Å². The zero-order chi connectivity index (χ0) is 16.4.